The van der Waals surface area contributed by atoms with E-state index in [2.05, 4.69) is 22.4 Å². The lowest BCUT2D eigenvalue weighted by atomic mass is 10.1. The summed E-state index contributed by atoms with van der Waals surface area (Å²) in [4.78, 5) is 16.6. The van der Waals surface area contributed by atoms with Gasteiger partial charge in [-0.05, 0) is 37.5 Å². The van der Waals surface area contributed by atoms with Crippen LogP contribution in [0.15, 0.2) is 65.1 Å². The molecule has 1 amide bonds. The second-order valence-electron chi connectivity index (χ2n) is 6.33. The molecule has 26 heavy (non-hydrogen) atoms. The SMILES string of the molecule is Cc1oc(-c2ccccc2)nc1CCC(=O)NCCCc1ccccc1. The summed E-state index contributed by atoms with van der Waals surface area (Å²) in [7, 11) is 0. The average molecular weight is 348 g/mol. The summed E-state index contributed by atoms with van der Waals surface area (Å²) < 4.78 is 5.74. The maximum atomic E-state index is 12.0. The molecule has 3 rings (SSSR count). The summed E-state index contributed by atoms with van der Waals surface area (Å²) in [5.41, 5.74) is 3.10. The molecule has 0 bridgehead atoms. The van der Waals surface area contributed by atoms with E-state index in [4.69, 9.17) is 4.42 Å². The molecule has 0 aliphatic heterocycles. The molecule has 134 valence electrons. The molecule has 4 heteroatoms. The third-order valence-corrected chi connectivity index (χ3v) is 4.31. The lowest BCUT2D eigenvalue weighted by Gasteiger charge is -2.05. The number of benzene rings is 2. The minimum absolute atomic E-state index is 0.0572. The van der Waals surface area contributed by atoms with Crippen LogP contribution >= 0.6 is 0 Å². The van der Waals surface area contributed by atoms with E-state index >= 15 is 0 Å². The quantitative estimate of drug-likeness (QED) is 0.616. The van der Waals surface area contributed by atoms with E-state index in [0.717, 1.165) is 29.9 Å². The summed E-state index contributed by atoms with van der Waals surface area (Å²) in [5.74, 6) is 1.45. The fourth-order valence-electron chi connectivity index (χ4n) is 2.85. The van der Waals surface area contributed by atoms with Crippen LogP contribution < -0.4 is 5.32 Å². The van der Waals surface area contributed by atoms with Gasteiger partial charge in [0.25, 0.3) is 0 Å². The zero-order valence-electron chi connectivity index (χ0n) is 15.1. The zero-order chi connectivity index (χ0) is 18.2. The summed E-state index contributed by atoms with van der Waals surface area (Å²) in [6.07, 6.45) is 2.93. The third kappa shape index (κ3) is 5.06. The van der Waals surface area contributed by atoms with Gasteiger partial charge in [0.15, 0.2) is 0 Å². The molecule has 0 saturated carbocycles. The van der Waals surface area contributed by atoms with Crippen LogP contribution in [0, 0.1) is 6.92 Å². The molecule has 1 aromatic heterocycles. The van der Waals surface area contributed by atoms with Crippen LogP contribution in [0.25, 0.3) is 11.5 Å². The first-order valence-corrected chi connectivity index (χ1v) is 9.05. The molecule has 1 heterocycles. The van der Waals surface area contributed by atoms with Crippen LogP contribution in [0.1, 0.15) is 29.9 Å². The standard InChI is InChI=1S/C22H24N2O2/c1-17-20(24-22(26-17)19-12-6-3-7-13-19)14-15-21(25)23-16-8-11-18-9-4-2-5-10-18/h2-7,9-10,12-13H,8,11,14-16H2,1H3,(H,23,25). The number of aryl methyl sites for hydroxylation is 3. The highest BCUT2D eigenvalue weighted by atomic mass is 16.4. The highest BCUT2D eigenvalue weighted by Gasteiger charge is 2.12. The Hall–Kier alpha value is -2.88. The minimum Gasteiger partial charge on any atom is -0.441 e. The summed E-state index contributed by atoms with van der Waals surface area (Å²) >= 11 is 0. The molecule has 0 atom stereocenters. The number of carbonyl (C=O) groups excluding carboxylic acids is 1. The number of oxazole rings is 1. The Labute approximate surface area is 154 Å². The van der Waals surface area contributed by atoms with Crippen LogP contribution in [0.5, 0.6) is 0 Å². The lowest BCUT2D eigenvalue weighted by Crippen LogP contribution is -2.25. The van der Waals surface area contributed by atoms with Crippen LogP contribution in [0.3, 0.4) is 0 Å². The van der Waals surface area contributed by atoms with Gasteiger partial charge in [-0.25, -0.2) is 4.98 Å². The molecule has 0 unspecified atom stereocenters. The Morgan fingerprint density at radius 3 is 2.42 bits per heavy atom. The Bertz CT molecular complexity index is 826. The van der Waals surface area contributed by atoms with E-state index in [9.17, 15) is 4.79 Å². The first kappa shape index (κ1) is 17.9. The molecule has 0 radical (unpaired) electrons. The minimum atomic E-state index is 0.0572. The first-order chi connectivity index (χ1) is 12.7. The van der Waals surface area contributed by atoms with Crippen molar-refractivity contribution in [3.63, 3.8) is 0 Å². The van der Waals surface area contributed by atoms with Crippen LogP contribution in [-0.2, 0) is 17.6 Å². The number of nitrogens with zero attached hydrogens (tertiary/aromatic N) is 1. The van der Waals surface area contributed by atoms with Crippen molar-refractivity contribution < 1.29 is 9.21 Å². The van der Waals surface area contributed by atoms with E-state index in [1.807, 2.05) is 55.5 Å². The molecule has 1 N–H and O–H groups in total. The molecule has 0 aliphatic carbocycles. The molecular formula is C22H24N2O2. The van der Waals surface area contributed by atoms with Crippen molar-refractivity contribution in [3.05, 3.63) is 77.7 Å². The Kier molecular flexibility index (Phi) is 6.20. The number of amides is 1. The van der Waals surface area contributed by atoms with Crippen molar-refractivity contribution in [1.82, 2.24) is 10.3 Å². The van der Waals surface area contributed by atoms with Crippen LogP contribution in [-0.4, -0.2) is 17.4 Å². The Balaban J connectivity index is 1.42. The molecule has 0 saturated heterocycles. The fraction of sp³-hybridized carbons (Fsp3) is 0.273. The summed E-state index contributed by atoms with van der Waals surface area (Å²) in [5, 5.41) is 2.98. The first-order valence-electron chi connectivity index (χ1n) is 9.05. The van der Waals surface area contributed by atoms with E-state index in [1.165, 1.54) is 5.56 Å². The Morgan fingerprint density at radius 2 is 1.69 bits per heavy atom. The van der Waals surface area contributed by atoms with E-state index in [1.54, 1.807) is 0 Å². The van der Waals surface area contributed by atoms with Crippen molar-refractivity contribution in [1.29, 1.82) is 0 Å². The average Bonchev–Trinajstić information content (AvgIpc) is 3.06. The van der Waals surface area contributed by atoms with Gasteiger partial charge < -0.3 is 9.73 Å². The zero-order valence-corrected chi connectivity index (χ0v) is 15.1. The molecule has 4 nitrogen and oxygen atoms in total. The topological polar surface area (TPSA) is 55.1 Å². The number of hydrogen-bond donors (Lipinski definition) is 1. The maximum absolute atomic E-state index is 12.0. The number of rotatable bonds is 8. The lowest BCUT2D eigenvalue weighted by molar-refractivity contribution is -0.121. The monoisotopic (exact) mass is 348 g/mol. The second-order valence-corrected chi connectivity index (χ2v) is 6.33. The van der Waals surface area contributed by atoms with Crippen molar-refractivity contribution in [2.45, 2.75) is 32.6 Å². The fourth-order valence-corrected chi connectivity index (χ4v) is 2.85. The van der Waals surface area contributed by atoms with Crippen molar-refractivity contribution in [2.75, 3.05) is 6.54 Å². The smallest absolute Gasteiger partial charge is 0.226 e. The molecule has 0 aliphatic rings. The van der Waals surface area contributed by atoms with Crippen LogP contribution in [0.2, 0.25) is 0 Å². The maximum Gasteiger partial charge on any atom is 0.226 e. The molecule has 0 fully saturated rings. The second kappa shape index (κ2) is 8.99. The van der Waals surface area contributed by atoms with Crippen molar-refractivity contribution >= 4 is 5.91 Å². The highest BCUT2D eigenvalue weighted by Crippen LogP contribution is 2.22. The Morgan fingerprint density at radius 1 is 1.00 bits per heavy atom. The molecular weight excluding hydrogens is 324 g/mol. The van der Waals surface area contributed by atoms with E-state index in [-0.39, 0.29) is 5.91 Å². The molecule has 2 aromatic carbocycles. The van der Waals surface area contributed by atoms with E-state index < -0.39 is 0 Å². The largest absolute Gasteiger partial charge is 0.441 e. The van der Waals surface area contributed by atoms with Gasteiger partial charge in [0.05, 0.1) is 5.69 Å². The highest BCUT2D eigenvalue weighted by molar-refractivity contribution is 5.76. The summed E-state index contributed by atoms with van der Waals surface area (Å²) in [6, 6.07) is 20.1. The number of nitrogens with one attached hydrogen (secondary N) is 1. The van der Waals surface area contributed by atoms with Crippen molar-refractivity contribution in [3.8, 4) is 11.5 Å². The number of aromatic nitrogens is 1. The molecule has 0 spiro atoms. The third-order valence-electron chi connectivity index (χ3n) is 4.31. The molecule has 3 aromatic rings. The van der Waals surface area contributed by atoms with Gasteiger partial charge in [-0.3, -0.25) is 4.79 Å². The van der Waals surface area contributed by atoms with Crippen molar-refractivity contribution in [2.24, 2.45) is 0 Å². The van der Waals surface area contributed by atoms with Crippen LogP contribution in [0.4, 0.5) is 0 Å². The van der Waals surface area contributed by atoms with Gasteiger partial charge in [0, 0.05) is 24.9 Å². The van der Waals surface area contributed by atoms with Gasteiger partial charge in [0.2, 0.25) is 11.8 Å². The number of hydrogen-bond acceptors (Lipinski definition) is 3. The van der Waals surface area contributed by atoms with Gasteiger partial charge in [-0.2, -0.15) is 0 Å². The van der Waals surface area contributed by atoms with E-state index in [0.29, 0.717) is 25.3 Å². The van der Waals surface area contributed by atoms with Gasteiger partial charge in [0.1, 0.15) is 5.76 Å². The predicted molar refractivity (Wildman–Crippen MR) is 103 cm³/mol. The summed E-state index contributed by atoms with van der Waals surface area (Å²) in [6.45, 7) is 2.59. The number of carbonyl (C=O) groups is 1. The van der Waals surface area contributed by atoms with Gasteiger partial charge >= 0.3 is 0 Å². The predicted octanol–water partition coefficient (Wildman–Crippen LogP) is 4.33. The normalized spacial score (nSPS) is 10.7. The van der Waals surface area contributed by atoms with Gasteiger partial charge in [-0.1, -0.05) is 48.5 Å². The van der Waals surface area contributed by atoms with Gasteiger partial charge in [-0.15, -0.1) is 0 Å².